The van der Waals surface area contributed by atoms with Crippen LogP contribution >= 0.6 is 11.6 Å². The third-order valence-electron chi connectivity index (χ3n) is 4.20. The summed E-state index contributed by atoms with van der Waals surface area (Å²) < 4.78 is 13.8. The highest BCUT2D eigenvalue weighted by Crippen LogP contribution is 2.36. The summed E-state index contributed by atoms with van der Waals surface area (Å²) in [6.07, 6.45) is 0.842. The molecule has 3 aromatic rings. The average molecular weight is 387 g/mol. The van der Waals surface area contributed by atoms with Crippen molar-refractivity contribution in [3.05, 3.63) is 58.7 Å². The minimum Gasteiger partial charge on any atom is -0.508 e. The van der Waals surface area contributed by atoms with Crippen molar-refractivity contribution in [3.8, 4) is 28.9 Å². The second kappa shape index (κ2) is 7.92. The fourth-order valence-corrected chi connectivity index (χ4v) is 2.95. The van der Waals surface area contributed by atoms with Crippen molar-refractivity contribution in [1.82, 2.24) is 9.78 Å². The van der Waals surface area contributed by atoms with Crippen LogP contribution in [0, 0.1) is 6.92 Å². The Bertz CT molecular complexity index is 933. The van der Waals surface area contributed by atoms with Gasteiger partial charge >= 0.3 is 0 Å². The number of phenolic OH excluding ortho intramolecular Hbond substituents is 1. The van der Waals surface area contributed by atoms with Gasteiger partial charge in [-0.2, -0.15) is 5.10 Å². The van der Waals surface area contributed by atoms with Gasteiger partial charge in [-0.15, -0.1) is 0 Å². The van der Waals surface area contributed by atoms with Gasteiger partial charge in [0.2, 0.25) is 5.88 Å². The lowest BCUT2D eigenvalue weighted by Gasteiger charge is -2.14. The highest BCUT2D eigenvalue weighted by atomic mass is 35.5. The number of nitrogens with zero attached hydrogens (tertiary/aromatic N) is 2. The first-order chi connectivity index (χ1) is 12.9. The van der Waals surface area contributed by atoms with Crippen LogP contribution in [-0.4, -0.2) is 14.9 Å². The lowest BCUT2D eigenvalue weighted by Crippen LogP contribution is -2.05. The average Bonchev–Trinajstić information content (AvgIpc) is 2.95. The normalized spacial score (nSPS) is 11.0. The second-order valence-electron chi connectivity index (χ2n) is 6.56. The first-order valence-corrected chi connectivity index (χ1v) is 9.29. The van der Waals surface area contributed by atoms with Crippen LogP contribution < -0.4 is 9.47 Å². The molecule has 1 aromatic heterocycles. The summed E-state index contributed by atoms with van der Waals surface area (Å²) in [7, 11) is 0. The fraction of sp³-hybridized carbons (Fsp3) is 0.286. The molecule has 0 saturated carbocycles. The van der Waals surface area contributed by atoms with Gasteiger partial charge < -0.3 is 14.6 Å². The molecule has 1 heterocycles. The largest absolute Gasteiger partial charge is 0.508 e. The molecule has 0 aliphatic rings. The zero-order valence-electron chi connectivity index (χ0n) is 15.9. The molecule has 1 N–H and O–H groups in total. The molecule has 3 rings (SSSR count). The molecule has 5 nitrogen and oxygen atoms in total. The summed E-state index contributed by atoms with van der Waals surface area (Å²) in [5.41, 5.74) is 2.04. The molecule has 0 amide bonds. The Balaban J connectivity index is 1.84. The molecule has 0 spiro atoms. The number of hydrogen-bond donors (Lipinski definition) is 1. The van der Waals surface area contributed by atoms with E-state index in [1.165, 1.54) is 0 Å². The van der Waals surface area contributed by atoms with Gasteiger partial charge in [-0.05, 0) is 63.6 Å². The number of halogens is 1. The highest BCUT2D eigenvalue weighted by Gasteiger charge is 2.18. The summed E-state index contributed by atoms with van der Waals surface area (Å²) in [6.45, 7) is 8.21. The van der Waals surface area contributed by atoms with Crippen molar-refractivity contribution in [2.75, 3.05) is 0 Å². The van der Waals surface area contributed by atoms with Crippen LogP contribution in [0.3, 0.4) is 0 Å². The first-order valence-electron chi connectivity index (χ1n) is 8.91. The number of rotatable bonds is 6. The topological polar surface area (TPSA) is 56.5 Å². The van der Waals surface area contributed by atoms with E-state index in [1.54, 1.807) is 42.5 Å². The zero-order valence-corrected chi connectivity index (χ0v) is 16.6. The Morgan fingerprint density at radius 1 is 1.07 bits per heavy atom. The summed E-state index contributed by atoms with van der Waals surface area (Å²) in [4.78, 5) is 0. The van der Waals surface area contributed by atoms with Gasteiger partial charge in [-0.3, -0.25) is 0 Å². The lowest BCUT2D eigenvalue weighted by molar-refractivity contribution is 0.385. The van der Waals surface area contributed by atoms with Crippen LogP contribution in [-0.2, 0) is 6.42 Å². The Labute approximate surface area is 164 Å². The first kappa shape index (κ1) is 19.1. The molecule has 0 aliphatic carbocycles. The fourth-order valence-electron chi connectivity index (χ4n) is 2.74. The molecule has 0 saturated heterocycles. The lowest BCUT2D eigenvalue weighted by atomic mass is 10.2. The Morgan fingerprint density at radius 2 is 1.74 bits per heavy atom. The Kier molecular flexibility index (Phi) is 5.61. The van der Waals surface area contributed by atoms with E-state index in [0.717, 1.165) is 17.7 Å². The van der Waals surface area contributed by atoms with Gasteiger partial charge in [0.15, 0.2) is 0 Å². The van der Waals surface area contributed by atoms with Gasteiger partial charge in [-0.1, -0.05) is 18.5 Å². The zero-order chi connectivity index (χ0) is 19.6. The number of aryl methyl sites for hydroxylation is 1. The summed E-state index contributed by atoms with van der Waals surface area (Å²) in [5, 5.41) is 14.4. The van der Waals surface area contributed by atoms with Crippen LogP contribution in [0.1, 0.15) is 38.1 Å². The van der Waals surface area contributed by atoms with Crippen LogP contribution in [0.25, 0.3) is 0 Å². The van der Waals surface area contributed by atoms with Crippen molar-refractivity contribution in [3.63, 3.8) is 0 Å². The number of aromatic hydroxyl groups is 1. The maximum atomic E-state index is 9.35. The predicted molar refractivity (Wildman–Crippen MR) is 106 cm³/mol. The van der Waals surface area contributed by atoms with Crippen LogP contribution in [0.5, 0.6) is 28.9 Å². The van der Waals surface area contributed by atoms with E-state index < -0.39 is 0 Å². The monoisotopic (exact) mass is 386 g/mol. The smallest absolute Gasteiger partial charge is 0.221 e. The van der Waals surface area contributed by atoms with Gasteiger partial charge in [0.05, 0.1) is 16.8 Å². The molecule has 27 heavy (non-hydrogen) atoms. The van der Waals surface area contributed by atoms with Crippen molar-refractivity contribution in [1.29, 1.82) is 0 Å². The Hall–Kier alpha value is -2.66. The third-order valence-corrected chi connectivity index (χ3v) is 4.49. The van der Waals surface area contributed by atoms with E-state index in [2.05, 4.69) is 25.9 Å². The van der Waals surface area contributed by atoms with Crippen LogP contribution in [0.2, 0.25) is 5.02 Å². The van der Waals surface area contributed by atoms with Gasteiger partial charge in [0.1, 0.15) is 23.0 Å². The number of ether oxygens (including phenoxy) is 2. The van der Waals surface area contributed by atoms with Gasteiger partial charge in [0, 0.05) is 11.6 Å². The molecule has 0 radical (unpaired) electrons. The van der Waals surface area contributed by atoms with E-state index in [1.807, 2.05) is 11.6 Å². The standard InChI is InChI=1S/C21H23ClN2O3/c1-5-19-14(4)21(24(23-19)13(2)3)27-20-11-10-17(12-18(20)22)26-16-8-6-15(25)7-9-16/h6-13,25H,5H2,1-4H3. The highest BCUT2D eigenvalue weighted by molar-refractivity contribution is 6.32. The SMILES string of the molecule is CCc1nn(C(C)C)c(Oc2ccc(Oc3ccc(O)cc3)cc2Cl)c1C. The molecule has 0 fully saturated rings. The molecule has 6 heteroatoms. The molecule has 0 aliphatic heterocycles. The minimum absolute atomic E-state index is 0.176. The molecular formula is C21H23ClN2O3. The minimum atomic E-state index is 0.176. The molecule has 142 valence electrons. The molecule has 0 unspecified atom stereocenters. The van der Waals surface area contributed by atoms with Crippen molar-refractivity contribution < 1.29 is 14.6 Å². The van der Waals surface area contributed by atoms with E-state index in [-0.39, 0.29) is 11.8 Å². The number of benzene rings is 2. The summed E-state index contributed by atoms with van der Waals surface area (Å²) in [5.74, 6) is 2.63. The third kappa shape index (κ3) is 4.19. The summed E-state index contributed by atoms with van der Waals surface area (Å²) >= 11 is 6.42. The van der Waals surface area contributed by atoms with Gasteiger partial charge in [0.25, 0.3) is 0 Å². The maximum absolute atomic E-state index is 9.35. The van der Waals surface area contributed by atoms with Crippen molar-refractivity contribution >= 4 is 11.6 Å². The molecule has 0 bridgehead atoms. The maximum Gasteiger partial charge on any atom is 0.221 e. The number of hydrogen-bond acceptors (Lipinski definition) is 4. The second-order valence-corrected chi connectivity index (χ2v) is 6.97. The number of aromatic nitrogens is 2. The molecule has 0 atom stereocenters. The van der Waals surface area contributed by atoms with Crippen molar-refractivity contribution in [2.45, 2.75) is 40.2 Å². The Morgan fingerprint density at radius 3 is 2.33 bits per heavy atom. The van der Waals surface area contributed by atoms with Crippen molar-refractivity contribution in [2.24, 2.45) is 0 Å². The van der Waals surface area contributed by atoms with Crippen LogP contribution in [0.4, 0.5) is 0 Å². The predicted octanol–water partition coefficient (Wildman–Crippen LogP) is 6.28. The van der Waals surface area contributed by atoms with E-state index in [0.29, 0.717) is 28.2 Å². The molecular weight excluding hydrogens is 364 g/mol. The quantitative estimate of drug-likeness (QED) is 0.541. The van der Waals surface area contributed by atoms with E-state index in [4.69, 9.17) is 21.1 Å². The molecule has 2 aromatic carbocycles. The number of phenols is 1. The van der Waals surface area contributed by atoms with Gasteiger partial charge in [-0.25, -0.2) is 4.68 Å². The van der Waals surface area contributed by atoms with Crippen LogP contribution in [0.15, 0.2) is 42.5 Å². The van der Waals surface area contributed by atoms with E-state index >= 15 is 0 Å². The van der Waals surface area contributed by atoms with E-state index in [9.17, 15) is 5.11 Å². The summed E-state index contributed by atoms with van der Waals surface area (Å²) in [6, 6.07) is 12.0.